The number of esters is 1. The predicted molar refractivity (Wildman–Crippen MR) is 261 cm³/mol. The summed E-state index contributed by atoms with van der Waals surface area (Å²) >= 11 is 0. The second-order valence-corrected chi connectivity index (χ2v) is 18.7. The van der Waals surface area contributed by atoms with Crippen LogP contribution in [0.3, 0.4) is 0 Å². The Labute approximate surface area is 404 Å². The molecule has 0 amide bonds. The maximum absolute atomic E-state index is 13.0. The number of hydrogen-bond acceptors (Lipinski definition) is 14. The molecular weight excluding hydrogens is 861 g/mol. The van der Waals surface area contributed by atoms with Crippen LogP contribution in [-0.4, -0.2) is 142 Å². The van der Waals surface area contributed by atoms with Crippen molar-refractivity contribution in [2.24, 2.45) is 0 Å². The van der Waals surface area contributed by atoms with E-state index in [1.54, 1.807) is 0 Å². The van der Waals surface area contributed by atoms with E-state index >= 15 is 0 Å². The maximum atomic E-state index is 13.0. The van der Waals surface area contributed by atoms with Crippen molar-refractivity contribution < 1.29 is 69.0 Å². The highest BCUT2D eigenvalue weighted by atomic mass is 16.7. The molecule has 0 aromatic carbocycles. The lowest BCUT2D eigenvalue weighted by Gasteiger charge is -2.42. The molecule has 11 unspecified atom stereocenters. The third kappa shape index (κ3) is 28.6. The fourth-order valence-electron chi connectivity index (χ4n) is 8.36. The topological polar surface area (TPSA) is 214 Å². The zero-order valence-corrected chi connectivity index (χ0v) is 41.6. The zero-order valence-electron chi connectivity index (χ0n) is 41.6. The van der Waals surface area contributed by atoms with Crippen LogP contribution in [0.15, 0.2) is 36.5 Å². The molecule has 0 saturated carbocycles. The maximum Gasteiger partial charge on any atom is 0.306 e. The second kappa shape index (κ2) is 40.9. The second-order valence-electron chi connectivity index (χ2n) is 18.7. The van der Waals surface area contributed by atoms with Crippen LogP contribution in [0.5, 0.6) is 0 Å². The van der Waals surface area contributed by atoms with E-state index in [0.717, 1.165) is 57.8 Å². The smallest absolute Gasteiger partial charge is 0.306 e. The number of carbonyl (C=O) groups excluding carboxylic acids is 1. The van der Waals surface area contributed by atoms with Gasteiger partial charge in [-0.25, -0.2) is 0 Å². The normalized spacial score (nSPS) is 26.3. The minimum absolute atomic E-state index is 0.0522. The molecule has 392 valence electrons. The van der Waals surface area contributed by atoms with Crippen molar-refractivity contribution in [1.29, 1.82) is 0 Å². The van der Waals surface area contributed by atoms with Gasteiger partial charge in [0.2, 0.25) is 0 Å². The van der Waals surface area contributed by atoms with Crippen molar-refractivity contribution in [3.05, 3.63) is 36.5 Å². The summed E-state index contributed by atoms with van der Waals surface area (Å²) in [6.07, 6.45) is 29.3. The van der Waals surface area contributed by atoms with Gasteiger partial charge in [-0.15, -0.1) is 0 Å². The monoisotopic (exact) mass is 957 g/mol. The number of allylic oxidation sites excluding steroid dienone is 6. The number of unbranched alkanes of at least 4 members (excludes halogenated alkanes) is 22. The van der Waals surface area contributed by atoms with E-state index in [9.17, 15) is 40.5 Å². The summed E-state index contributed by atoms with van der Waals surface area (Å²) in [4.78, 5) is 13.0. The third-order valence-electron chi connectivity index (χ3n) is 12.7. The lowest BCUT2D eigenvalue weighted by Crippen LogP contribution is -2.61. The van der Waals surface area contributed by atoms with E-state index in [2.05, 4.69) is 50.3 Å². The summed E-state index contributed by atoms with van der Waals surface area (Å²) in [6, 6.07) is 0. The zero-order chi connectivity index (χ0) is 48.7. The Balaban J connectivity index is 1.74. The van der Waals surface area contributed by atoms with Crippen LogP contribution in [0, 0.1) is 0 Å². The molecule has 0 aromatic rings. The molecule has 0 aromatic heterocycles. The van der Waals surface area contributed by atoms with Gasteiger partial charge in [0.25, 0.3) is 0 Å². The van der Waals surface area contributed by atoms with Crippen LogP contribution in [0.25, 0.3) is 0 Å². The summed E-state index contributed by atoms with van der Waals surface area (Å²) in [5, 5.41) is 72.1. The molecule has 2 rings (SSSR count). The third-order valence-corrected chi connectivity index (χ3v) is 12.7. The van der Waals surface area contributed by atoms with E-state index in [1.165, 1.54) is 109 Å². The highest BCUT2D eigenvalue weighted by Crippen LogP contribution is 2.26. The number of aliphatic hydroxyl groups excluding tert-OH is 7. The van der Waals surface area contributed by atoms with Crippen LogP contribution in [0.2, 0.25) is 0 Å². The van der Waals surface area contributed by atoms with Gasteiger partial charge in [-0.1, -0.05) is 179 Å². The average Bonchev–Trinajstić information content (AvgIpc) is 3.32. The molecule has 2 aliphatic heterocycles. The first-order valence-electron chi connectivity index (χ1n) is 26.6. The summed E-state index contributed by atoms with van der Waals surface area (Å²) < 4.78 is 34.3. The Morgan fingerprint density at radius 3 is 1.51 bits per heavy atom. The minimum atomic E-state index is -1.71. The van der Waals surface area contributed by atoms with Crippen molar-refractivity contribution in [3.8, 4) is 0 Å². The van der Waals surface area contributed by atoms with E-state index in [4.69, 9.17) is 28.4 Å². The first-order valence-corrected chi connectivity index (χ1v) is 26.6. The van der Waals surface area contributed by atoms with Crippen molar-refractivity contribution in [2.75, 3.05) is 33.0 Å². The van der Waals surface area contributed by atoms with Gasteiger partial charge in [0.1, 0.15) is 54.9 Å². The van der Waals surface area contributed by atoms with Crippen LogP contribution in [0.4, 0.5) is 0 Å². The fourth-order valence-corrected chi connectivity index (χ4v) is 8.36. The quantitative estimate of drug-likeness (QED) is 0.0175. The SMILES string of the molecule is CC/C=C\C/C=C\C/C=C\CCCCCC(=O)OC(COCCCCCCCCCCCCCCCCCCCCCC)COC1OC(COC2OC(CO)C(O)C(O)C2O)C(O)C(O)C1O. The lowest BCUT2D eigenvalue weighted by atomic mass is 9.98. The number of ether oxygens (including phenoxy) is 6. The Morgan fingerprint density at radius 2 is 0.970 bits per heavy atom. The van der Waals surface area contributed by atoms with Crippen LogP contribution >= 0.6 is 0 Å². The standard InChI is InChI=1S/C53H96O14/c1-3-5-7-9-11-13-15-17-18-19-20-21-22-23-25-27-29-31-33-35-37-62-39-42(65-45(55)36-34-32-30-28-26-24-16-14-12-10-8-6-4-2)40-63-52-51(61)49(59)47(57)44(67-52)41-64-53-50(60)48(58)46(56)43(38-54)66-53/h6,8,12,14,24,26,42-44,46-54,56-61H,3-5,7,9-11,13,15-23,25,27-41H2,1-2H3/b8-6-,14-12-,26-24-. The average molecular weight is 957 g/mol. The Bertz CT molecular complexity index is 1250. The predicted octanol–water partition coefficient (Wildman–Crippen LogP) is 8.19. The molecule has 14 heteroatoms. The molecule has 14 nitrogen and oxygen atoms in total. The Kier molecular flexibility index (Phi) is 37.4. The van der Waals surface area contributed by atoms with Crippen LogP contribution in [-0.2, 0) is 33.2 Å². The van der Waals surface area contributed by atoms with Crippen LogP contribution in [0.1, 0.15) is 194 Å². The molecule has 0 aliphatic carbocycles. The lowest BCUT2D eigenvalue weighted by molar-refractivity contribution is -0.332. The van der Waals surface area contributed by atoms with Crippen molar-refractivity contribution >= 4 is 5.97 Å². The number of hydrogen-bond donors (Lipinski definition) is 7. The van der Waals surface area contributed by atoms with Gasteiger partial charge in [0.05, 0.1) is 26.4 Å². The fraction of sp³-hybridized carbons (Fsp3) is 0.868. The largest absolute Gasteiger partial charge is 0.457 e. The number of aliphatic hydroxyl groups is 7. The highest BCUT2D eigenvalue weighted by molar-refractivity contribution is 5.69. The summed E-state index contributed by atoms with van der Waals surface area (Å²) in [6.45, 7) is 3.55. The van der Waals surface area contributed by atoms with E-state index < -0.39 is 86.7 Å². The van der Waals surface area contributed by atoms with Gasteiger partial charge in [-0.3, -0.25) is 4.79 Å². The molecule has 0 radical (unpaired) electrons. The van der Waals surface area contributed by atoms with Gasteiger partial charge < -0.3 is 64.2 Å². The molecule has 2 fully saturated rings. The number of rotatable bonds is 42. The molecule has 11 atom stereocenters. The first-order chi connectivity index (χ1) is 32.6. The van der Waals surface area contributed by atoms with Crippen molar-refractivity contribution in [3.63, 3.8) is 0 Å². The molecule has 0 bridgehead atoms. The molecule has 7 N–H and O–H groups in total. The molecule has 2 aliphatic rings. The van der Waals surface area contributed by atoms with Gasteiger partial charge >= 0.3 is 5.97 Å². The first kappa shape index (κ1) is 61.3. The minimum Gasteiger partial charge on any atom is -0.457 e. The van der Waals surface area contributed by atoms with Crippen molar-refractivity contribution in [2.45, 2.75) is 261 Å². The van der Waals surface area contributed by atoms with Crippen LogP contribution < -0.4 is 0 Å². The molecular formula is C53H96O14. The van der Waals surface area contributed by atoms with Gasteiger partial charge in [-0.05, 0) is 44.9 Å². The van der Waals surface area contributed by atoms with Gasteiger partial charge in [0, 0.05) is 13.0 Å². The van der Waals surface area contributed by atoms with Gasteiger partial charge in [0.15, 0.2) is 12.6 Å². The Morgan fingerprint density at radius 1 is 0.507 bits per heavy atom. The Hall–Kier alpha value is -1.79. The van der Waals surface area contributed by atoms with E-state index in [0.29, 0.717) is 13.0 Å². The number of carbonyl (C=O) groups is 1. The molecule has 0 spiro atoms. The molecule has 2 saturated heterocycles. The highest BCUT2D eigenvalue weighted by Gasteiger charge is 2.47. The summed E-state index contributed by atoms with van der Waals surface area (Å²) in [5.74, 6) is -0.403. The van der Waals surface area contributed by atoms with Gasteiger partial charge in [-0.2, -0.15) is 0 Å². The molecule has 67 heavy (non-hydrogen) atoms. The molecule has 2 heterocycles. The summed E-state index contributed by atoms with van der Waals surface area (Å²) in [5.41, 5.74) is 0. The van der Waals surface area contributed by atoms with E-state index in [-0.39, 0.29) is 19.6 Å². The van der Waals surface area contributed by atoms with Crippen molar-refractivity contribution in [1.82, 2.24) is 0 Å². The van der Waals surface area contributed by atoms with E-state index in [1.807, 2.05) is 0 Å². The summed E-state index contributed by atoms with van der Waals surface area (Å²) in [7, 11) is 0.